The Morgan fingerprint density at radius 3 is 2.58 bits per heavy atom. The van der Waals surface area contributed by atoms with Gasteiger partial charge in [0.15, 0.2) is 0 Å². The maximum atomic E-state index is 10.4. The lowest BCUT2D eigenvalue weighted by Gasteiger charge is -2.15. The van der Waals surface area contributed by atoms with Crippen LogP contribution in [-0.4, -0.2) is 24.3 Å². The number of rotatable bonds is 4. The van der Waals surface area contributed by atoms with Crippen molar-refractivity contribution < 1.29 is 14.6 Å². The van der Waals surface area contributed by atoms with E-state index in [1.807, 2.05) is 0 Å². The number of pyridine rings is 1. The van der Waals surface area contributed by atoms with Gasteiger partial charge in [-0.1, -0.05) is 17.7 Å². The molecule has 4 nitrogen and oxygen atoms in total. The summed E-state index contributed by atoms with van der Waals surface area (Å²) in [6.07, 6.45) is 2.34. The molecule has 1 N–H and O–H groups in total. The number of halogens is 1. The van der Waals surface area contributed by atoms with E-state index in [-0.39, 0.29) is 0 Å². The zero-order valence-corrected chi connectivity index (χ0v) is 11.4. The van der Waals surface area contributed by atoms with Gasteiger partial charge in [-0.15, -0.1) is 0 Å². The van der Waals surface area contributed by atoms with Gasteiger partial charge in [-0.2, -0.15) is 0 Å². The second kappa shape index (κ2) is 5.91. The number of methoxy groups -OCH3 is 2. The molecule has 5 heteroatoms. The van der Waals surface area contributed by atoms with E-state index < -0.39 is 6.10 Å². The molecule has 0 radical (unpaired) electrons. The van der Waals surface area contributed by atoms with Crippen LogP contribution in [0.4, 0.5) is 0 Å². The molecular weight excluding hydrogens is 266 g/mol. The molecule has 0 spiro atoms. The standard InChI is InChI=1S/C14H14ClNO3/c1-18-12-7-9(3-4-11(12)15)14(17)10-5-6-16-8-13(10)19-2/h3-8,14,17H,1-2H3. The number of aromatic nitrogens is 1. The predicted octanol–water partition coefficient (Wildman–Crippen LogP) is 2.83. The maximum Gasteiger partial charge on any atom is 0.143 e. The monoisotopic (exact) mass is 279 g/mol. The number of benzene rings is 1. The molecule has 1 unspecified atom stereocenters. The molecule has 0 aliphatic carbocycles. The third-order valence-corrected chi connectivity index (χ3v) is 3.13. The molecule has 0 aliphatic heterocycles. The highest BCUT2D eigenvalue weighted by Crippen LogP contribution is 2.33. The zero-order valence-electron chi connectivity index (χ0n) is 10.6. The van der Waals surface area contributed by atoms with Gasteiger partial charge in [0.05, 0.1) is 25.4 Å². The highest BCUT2D eigenvalue weighted by molar-refractivity contribution is 6.32. The first-order valence-electron chi connectivity index (χ1n) is 5.66. The van der Waals surface area contributed by atoms with Gasteiger partial charge in [0.1, 0.15) is 17.6 Å². The Labute approximate surface area is 116 Å². The van der Waals surface area contributed by atoms with Crippen molar-refractivity contribution in [1.29, 1.82) is 0 Å². The van der Waals surface area contributed by atoms with Crippen molar-refractivity contribution >= 4 is 11.6 Å². The Morgan fingerprint density at radius 2 is 1.89 bits per heavy atom. The van der Waals surface area contributed by atoms with E-state index in [4.69, 9.17) is 21.1 Å². The van der Waals surface area contributed by atoms with Crippen molar-refractivity contribution in [2.24, 2.45) is 0 Å². The summed E-state index contributed by atoms with van der Waals surface area (Å²) < 4.78 is 10.3. The molecule has 0 aliphatic rings. The summed E-state index contributed by atoms with van der Waals surface area (Å²) in [4.78, 5) is 3.96. The predicted molar refractivity (Wildman–Crippen MR) is 72.9 cm³/mol. The fraction of sp³-hybridized carbons (Fsp3) is 0.214. The molecule has 0 amide bonds. The molecule has 0 fully saturated rings. The molecule has 0 saturated carbocycles. The maximum absolute atomic E-state index is 10.4. The molecule has 1 heterocycles. The molecule has 1 aromatic carbocycles. The van der Waals surface area contributed by atoms with Gasteiger partial charge in [0.25, 0.3) is 0 Å². The minimum absolute atomic E-state index is 0.500. The van der Waals surface area contributed by atoms with Crippen LogP contribution < -0.4 is 9.47 Å². The summed E-state index contributed by atoms with van der Waals surface area (Å²) in [5.41, 5.74) is 1.31. The van der Waals surface area contributed by atoms with Crippen LogP contribution in [0.3, 0.4) is 0 Å². The fourth-order valence-electron chi connectivity index (χ4n) is 1.81. The lowest BCUT2D eigenvalue weighted by atomic mass is 10.0. The Morgan fingerprint density at radius 1 is 1.16 bits per heavy atom. The lowest BCUT2D eigenvalue weighted by molar-refractivity contribution is 0.214. The number of aliphatic hydroxyl groups is 1. The Bertz CT molecular complexity index is 574. The smallest absolute Gasteiger partial charge is 0.143 e. The second-order valence-electron chi connectivity index (χ2n) is 3.91. The highest BCUT2D eigenvalue weighted by Gasteiger charge is 2.16. The van der Waals surface area contributed by atoms with Gasteiger partial charge in [-0.25, -0.2) is 0 Å². The minimum Gasteiger partial charge on any atom is -0.495 e. The first-order valence-corrected chi connectivity index (χ1v) is 6.04. The van der Waals surface area contributed by atoms with Crippen LogP contribution >= 0.6 is 11.6 Å². The van der Waals surface area contributed by atoms with E-state index in [1.54, 1.807) is 36.7 Å². The summed E-state index contributed by atoms with van der Waals surface area (Å²) >= 11 is 5.96. The van der Waals surface area contributed by atoms with Crippen LogP contribution in [-0.2, 0) is 0 Å². The summed E-state index contributed by atoms with van der Waals surface area (Å²) in [6.45, 7) is 0. The average molecular weight is 280 g/mol. The summed E-state index contributed by atoms with van der Waals surface area (Å²) in [5.74, 6) is 1.05. The largest absolute Gasteiger partial charge is 0.495 e. The number of nitrogens with zero attached hydrogens (tertiary/aromatic N) is 1. The fourth-order valence-corrected chi connectivity index (χ4v) is 2.01. The van der Waals surface area contributed by atoms with E-state index in [2.05, 4.69) is 4.98 Å². The van der Waals surface area contributed by atoms with Crippen LogP contribution in [0.1, 0.15) is 17.2 Å². The zero-order chi connectivity index (χ0) is 13.8. The van der Waals surface area contributed by atoms with Gasteiger partial charge in [0, 0.05) is 11.8 Å². The Balaban J connectivity index is 2.41. The van der Waals surface area contributed by atoms with Crippen LogP contribution in [0, 0.1) is 0 Å². The first-order chi connectivity index (χ1) is 9.17. The van der Waals surface area contributed by atoms with E-state index in [9.17, 15) is 5.11 Å². The SMILES string of the molecule is COc1cc(C(O)c2ccncc2OC)ccc1Cl. The first kappa shape index (κ1) is 13.6. The second-order valence-corrected chi connectivity index (χ2v) is 4.32. The van der Waals surface area contributed by atoms with Crippen molar-refractivity contribution in [3.05, 3.63) is 52.8 Å². The third kappa shape index (κ3) is 2.80. The average Bonchev–Trinajstić information content (AvgIpc) is 2.47. The van der Waals surface area contributed by atoms with Crippen molar-refractivity contribution in [3.8, 4) is 11.5 Å². The van der Waals surface area contributed by atoms with E-state index >= 15 is 0 Å². The van der Waals surface area contributed by atoms with E-state index in [0.717, 1.165) is 0 Å². The third-order valence-electron chi connectivity index (χ3n) is 2.82. The van der Waals surface area contributed by atoms with Crippen LogP contribution in [0.2, 0.25) is 5.02 Å². The quantitative estimate of drug-likeness (QED) is 0.935. The number of hydrogen-bond acceptors (Lipinski definition) is 4. The van der Waals surface area contributed by atoms with Crippen molar-refractivity contribution in [1.82, 2.24) is 4.98 Å². The molecule has 0 bridgehead atoms. The number of hydrogen-bond donors (Lipinski definition) is 1. The highest BCUT2D eigenvalue weighted by atomic mass is 35.5. The topological polar surface area (TPSA) is 51.6 Å². The minimum atomic E-state index is -0.830. The van der Waals surface area contributed by atoms with Gasteiger partial charge >= 0.3 is 0 Å². The lowest BCUT2D eigenvalue weighted by Crippen LogP contribution is -2.03. The molecule has 19 heavy (non-hydrogen) atoms. The van der Waals surface area contributed by atoms with Crippen molar-refractivity contribution in [3.63, 3.8) is 0 Å². The Hall–Kier alpha value is -1.78. The number of aliphatic hydroxyl groups excluding tert-OH is 1. The van der Waals surface area contributed by atoms with E-state index in [1.165, 1.54) is 14.2 Å². The summed E-state index contributed by atoms with van der Waals surface area (Å²) in [7, 11) is 3.07. The molecule has 100 valence electrons. The summed E-state index contributed by atoms with van der Waals surface area (Å²) in [6, 6.07) is 6.85. The normalized spacial score (nSPS) is 12.0. The van der Waals surface area contributed by atoms with Crippen molar-refractivity contribution in [2.75, 3.05) is 14.2 Å². The van der Waals surface area contributed by atoms with Gasteiger partial charge < -0.3 is 14.6 Å². The molecule has 0 saturated heterocycles. The van der Waals surface area contributed by atoms with Gasteiger partial charge in [0.2, 0.25) is 0 Å². The molecule has 2 rings (SSSR count). The van der Waals surface area contributed by atoms with Crippen LogP contribution in [0.15, 0.2) is 36.7 Å². The van der Waals surface area contributed by atoms with Crippen LogP contribution in [0.5, 0.6) is 11.5 Å². The summed E-state index contributed by atoms with van der Waals surface area (Å²) in [5, 5.41) is 10.9. The van der Waals surface area contributed by atoms with Crippen LogP contribution in [0.25, 0.3) is 0 Å². The Kier molecular flexibility index (Phi) is 4.24. The van der Waals surface area contributed by atoms with Crippen molar-refractivity contribution in [2.45, 2.75) is 6.10 Å². The molecule has 1 atom stereocenters. The van der Waals surface area contributed by atoms with Gasteiger partial charge in [-0.3, -0.25) is 4.98 Å². The number of ether oxygens (including phenoxy) is 2. The molecule has 2 aromatic rings. The molecular formula is C14H14ClNO3. The molecule has 1 aromatic heterocycles. The van der Waals surface area contributed by atoms with E-state index in [0.29, 0.717) is 27.6 Å². The van der Waals surface area contributed by atoms with Gasteiger partial charge in [-0.05, 0) is 23.8 Å².